The van der Waals surface area contributed by atoms with E-state index in [1.165, 1.54) is 6.26 Å². The third-order valence-electron chi connectivity index (χ3n) is 3.41. The molecule has 1 fully saturated rings. The Bertz CT molecular complexity index is 445. The average Bonchev–Trinajstić information content (AvgIpc) is 2.97. The van der Waals surface area contributed by atoms with E-state index < -0.39 is 24.7 Å². The minimum absolute atomic E-state index is 0.0369. The highest BCUT2D eigenvalue weighted by molar-refractivity contribution is 5.82. The molecule has 2 heterocycles. The summed E-state index contributed by atoms with van der Waals surface area (Å²) in [6.45, 7) is 1.08. The average molecular weight is 290 g/mol. The molecule has 2 atom stereocenters. The van der Waals surface area contributed by atoms with Crippen molar-refractivity contribution in [3.63, 3.8) is 0 Å². The van der Waals surface area contributed by atoms with Crippen molar-refractivity contribution in [3.05, 3.63) is 24.2 Å². The predicted molar refractivity (Wildman–Crippen MR) is 65.8 cm³/mol. The van der Waals surface area contributed by atoms with Crippen LogP contribution in [0.5, 0.6) is 0 Å². The van der Waals surface area contributed by atoms with Gasteiger partial charge in [-0.3, -0.25) is 4.79 Å². The van der Waals surface area contributed by atoms with Gasteiger partial charge in [0.2, 0.25) is 5.91 Å². The Morgan fingerprint density at radius 2 is 2.30 bits per heavy atom. The Balaban J connectivity index is 2.10. The van der Waals surface area contributed by atoms with Crippen LogP contribution in [0.2, 0.25) is 0 Å². The van der Waals surface area contributed by atoms with Gasteiger partial charge in [-0.15, -0.1) is 0 Å². The van der Waals surface area contributed by atoms with Crippen LogP contribution in [0.3, 0.4) is 0 Å². The zero-order chi connectivity index (χ0) is 14.8. The van der Waals surface area contributed by atoms with Crippen LogP contribution in [0, 0.1) is 5.92 Å². The first-order chi connectivity index (χ1) is 9.37. The van der Waals surface area contributed by atoms with Crippen LogP contribution in [0.25, 0.3) is 0 Å². The maximum Gasteiger partial charge on any atom is 0.406 e. The first-order valence-corrected chi connectivity index (χ1v) is 6.48. The molecule has 0 aromatic carbocycles. The minimum atomic E-state index is -4.43. The molecule has 0 bridgehead atoms. The zero-order valence-electron chi connectivity index (χ0n) is 11.1. The van der Waals surface area contributed by atoms with Crippen LogP contribution < -0.4 is 5.32 Å². The molecule has 20 heavy (non-hydrogen) atoms. The molecule has 0 spiro atoms. The third-order valence-corrected chi connectivity index (χ3v) is 3.41. The van der Waals surface area contributed by atoms with Gasteiger partial charge in [0.15, 0.2) is 0 Å². The van der Waals surface area contributed by atoms with Crippen LogP contribution in [0.1, 0.15) is 19.1 Å². The van der Waals surface area contributed by atoms with Crippen molar-refractivity contribution in [1.29, 1.82) is 0 Å². The van der Waals surface area contributed by atoms with E-state index in [1.54, 1.807) is 12.1 Å². The fourth-order valence-electron chi connectivity index (χ4n) is 2.38. The summed E-state index contributed by atoms with van der Waals surface area (Å²) in [5.74, 6) is -0.146. The largest absolute Gasteiger partial charge is 0.467 e. The summed E-state index contributed by atoms with van der Waals surface area (Å²) >= 11 is 0. The zero-order valence-corrected chi connectivity index (χ0v) is 11.1. The third kappa shape index (κ3) is 3.75. The Labute approximate surface area is 114 Å². The molecule has 1 amide bonds. The summed E-state index contributed by atoms with van der Waals surface area (Å²) < 4.78 is 42.9. The van der Waals surface area contributed by atoms with Gasteiger partial charge in [-0.05, 0) is 31.0 Å². The van der Waals surface area contributed by atoms with Crippen LogP contribution in [-0.2, 0) is 11.3 Å². The van der Waals surface area contributed by atoms with Crippen molar-refractivity contribution in [2.75, 3.05) is 13.1 Å². The summed E-state index contributed by atoms with van der Waals surface area (Å²) in [5.41, 5.74) is 0. The van der Waals surface area contributed by atoms with Gasteiger partial charge in [-0.1, -0.05) is 6.92 Å². The van der Waals surface area contributed by atoms with Crippen molar-refractivity contribution in [2.45, 2.75) is 32.1 Å². The lowest BCUT2D eigenvalue weighted by Crippen LogP contribution is -2.48. The molecule has 1 aromatic rings. The highest BCUT2D eigenvalue weighted by Gasteiger charge is 2.38. The number of hydrogen-bond donors (Lipinski definition) is 1. The van der Waals surface area contributed by atoms with Gasteiger partial charge in [0.1, 0.15) is 12.3 Å². The Morgan fingerprint density at radius 1 is 1.55 bits per heavy atom. The first-order valence-electron chi connectivity index (χ1n) is 6.48. The highest BCUT2D eigenvalue weighted by atomic mass is 19.4. The monoisotopic (exact) mass is 290 g/mol. The predicted octanol–water partition coefficient (Wildman–Crippen LogP) is 2.17. The van der Waals surface area contributed by atoms with Gasteiger partial charge in [0.25, 0.3) is 0 Å². The Morgan fingerprint density at radius 3 is 2.80 bits per heavy atom. The van der Waals surface area contributed by atoms with E-state index in [2.05, 4.69) is 5.32 Å². The van der Waals surface area contributed by atoms with Gasteiger partial charge in [0.05, 0.1) is 18.8 Å². The number of rotatable bonds is 4. The van der Waals surface area contributed by atoms with E-state index in [1.807, 2.05) is 6.92 Å². The smallest absolute Gasteiger partial charge is 0.406 e. The lowest BCUT2D eigenvalue weighted by atomic mass is 10.0. The summed E-state index contributed by atoms with van der Waals surface area (Å²) in [5, 5.41) is 2.96. The second-order valence-corrected chi connectivity index (χ2v) is 5.09. The molecule has 0 radical (unpaired) electrons. The molecule has 0 aliphatic carbocycles. The molecule has 7 heteroatoms. The minimum Gasteiger partial charge on any atom is -0.467 e. The van der Waals surface area contributed by atoms with Crippen molar-refractivity contribution in [2.24, 2.45) is 5.92 Å². The van der Waals surface area contributed by atoms with Gasteiger partial charge < -0.3 is 14.6 Å². The lowest BCUT2D eigenvalue weighted by molar-refractivity contribution is -0.164. The Hall–Kier alpha value is -1.50. The number of nitrogens with zero attached hydrogens (tertiary/aromatic N) is 1. The topological polar surface area (TPSA) is 45.5 Å². The number of amides is 1. The molecule has 1 aliphatic rings. The van der Waals surface area contributed by atoms with Gasteiger partial charge >= 0.3 is 6.18 Å². The molecule has 1 aliphatic heterocycles. The number of nitrogens with one attached hydrogen (secondary N) is 1. The normalized spacial score (nSPS) is 23.0. The van der Waals surface area contributed by atoms with E-state index in [0.717, 1.165) is 11.3 Å². The maximum absolute atomic E-state index is 12.6. The first kappa shape index (κ1) is 14.9. The maximum atomic E-state index is 12.6. The van der Waals surface area contributed by atoms with Gasteiger partial charge in [-0.25, -0.2) is 0 Å². The summed E-state index contributed by atoms with van der Waals surface area (Å²) in [7, 11) is 0. The van der Waals surface area contributed by atoms with Crippen molar-refractivity contribution in [3.8, 4) is 0 Å². The molecule has 2 rings (SSSR count). The standard InChI is InChI=1S/C13H17F3N2O2/c1-9-4-5-17-11(9)12(19)18(8-13(14,15)16)7-10-3-2-6-20-10/h2-3,6,9,11,17H,4-5,7-8H2,1H3. The van der Waals surface area contributed by atoms with Gasteiger partial charge in [0, 0.05) is 0 Å². The number of carbonyl (C=O) groups excluding carboxylic acids is 1. The number of alkyl halides is 3. The molecule has 4 nitrogen and oxygen atoms in total. The van der Waals surface area contributed by atoms with Crippen LogP contribution >= 0.6 is 0 Å². The molecular formula is C13H17F3N2O2. The molecule has 0 saturated carbocycles. The van der Waals surface area contributed by atoms with Crippen molar-refractivity contribution >= 4 is 5.91 Å². The Kier molecular flexibility index (Phi) is 4.37. The second-order valence-electron chi connectivity index (χ2n) is 5.09. The number of carbonyl (C=O) groups is 1. The number of hydrogen-bond acceptors (Lipinski definition) is 3. The van der Waals surface area contributed by atoms with E-state index >= 15 is 0 Å². The molecule has 1 aromatic heterocycles. The van der Waals surface area contributed by atoms with E-state index in [9.17, 15) is 18.0 Å². The van der Waals surface area contributed by atoms with E-state index in [0.29, 0.717) is 12.3 Å². The molecule has 2 unspecified atom stereocenters. The van der Waals surface area contributed by atoms with E-state index in [-0.39, 0.29) is 12.5 Å². The quantitative estimate of drug-likeness (QED) is 0.924. The highest BCUT2D eigenvalue weighted by Crippen LogP contribution is 2.22. The SMILES string of the molecule is CC1CCNC1C(=O)N(Cc1ccco1)CC(F)(F)F. The summed E-state index contributed by atoms with van der Waals surface area (Å²) in [6.07, 6.45) is -2.26. The van der Waals surface area contributed by atoms with Crippen molar-refractivity contribution < 1.29 is 22.4 Å². The molecule has 1 saturated heterocycles. The summed E-state index contributed by atoms with van der Waals surface area (Å²) in [4.78, 5) is 13.1. The molecular weight excluding hydrogens is 273 g/mol. The summed E-state index contributed by atoms with van der Waals surface area (Å²) in [6, 6.07) is 2.59. The molecule has 1 N–H and O–H groups in total. The van der Waals surface area contributed by atoms with Crippen LogP contribution in [0.15, 0.2) is 22.8 Å². The fourth-order valence-corrected chi connectivity index (χ4v) is 2.38. The van der Waals surface area contributed by atoms with Gasteiger partial charge in [-0.2, -0.15) is 13.2 Å². The van der Waals surface area contributed by atoms with Crippen LogP contribution in [-0.4, -0.2) is 36.1 Å². The fraction of sp³-hybridized carbons (Fsp3) is 0.615. The number of halogens is 3. The second kappa shape index (κ2) is 5.87. The number of furan rings is 1. The van der Waals surface area contributed by atoms with Crippen LogP contribution in [0.4, 0.5) is 13.2 Å². The van der Waals surface area contributed by atoms with E-state index in [4.69, 9.17) is 4.42 Å². The molecule has 112 valence electrons. The lowest BCUT2D eigenvalue weighted by Gasteiger charge is -2.27. The van der Waals surface area contributed by atoms with Crippen molar-refractivity contribution in [1.82, 2.24) is 10.2 Å².